The number of sulfonamides is 1. The minimum Gasteiger partial charge on any atom is -0.399 e. The molecule has 0 aromatic heterocycles. The highest BCUT2D eigenvalue weighted by Gasteiger charge is 2.16. The van der Waals surface area contributed by atoms with Gasteiger partial charge in [-0.05, 0) is 48.0 Å². The molecule has 3 aromatic rings. The molecule has 0 amide bonds. The topological polar surface area (TPSA) is 72.2 Å². The minimum atomic E-state index is -3.68. The molecule has 0 spiro atoms. The Balaban J connectivity index is 1.84. The zero-order chi connectivity index (χ0) is 18.6. The van der Waals surface area contributed by atoms with Crippen LogP contribution in [0.25, 0.3) is 0 Å². The molecule has 3 N–H and O–H groups in total. The fourth-order valence-electron chi connectivity index (χ4n) is 2.36. The summed E-state index contributed by atoms with van der Waals surface area (Å²) in [6, 6.07) is 21.0. The van der Waals surface area contributed by atoms with Crippen molar-refractivity contribution in [3.8, 4) is 0 Å². The predicted molar refractivity (Wildman–Crippen MR) is 109 cm³/mol. The van der Waals surface area contributed by atoms with Crippen molar-refractivity contribution in [2.75, 3.05) is 10.5 Å². The van der Waals surface area contributed by atoms with E-state index in [9.17, 15) is 8.42 Å². The van der Waals surface area contributed by atoms with Crippen LogP contribution in [0.1, 0.15) is 5.56 Å². The molecule has 0 bridgehead atoms. The van der Waals surface area contributed by atoms with Crippen LogP contribution < -0.4 is 10.5 Å². The molecule has 0 aliphatic carbocycles. The van der Waals surface area contributed by atoms with Crippen molar-refractivity contribution in [3.05, 3.63) is 83.4 Å². The average Bonchev–Trinajstić information content (AvgIpc) is 2.62. The second-order valence-electron chi connectivity index (χ2n) is 5.59. The molecule has 0 radical (unpaired) electrons. The van der Waals surface area contributed by atoms with Gasteiger partial charge in [-0.25, -0.2) is 8.42 Å². The molecule has 3 aromatic carbocycles. The summed E-state index contributed by atoms with van der Waals surface area (Å²) in [5, 5.41) is 0.462. The van der Waals surface area contributed by atoms with Crippen LogP contribution in [0.15, 0.2) is 82.6 Å². The van der Waals surface area contributed by atoms with Gasteiger partial charge in [-0.15, -0.1) is 11.8 Å². The average molecular weight is 405 g/mol. The number of halogens is 1. The molecular weight excluding hydrogens is 388 g/mol. The molecule has 7 heteroatoms. The van der Waals surface area contributed by atoms with Crippen molar-refractivity contribution >= 4 is 44.8 Å². The van der Waals surface area contributed by atoms with E-state index in [4.69, 9.17) is 17.3 Å². The standard InChI is InChI=1S/C19H17ClN2O2S2/c20-15-9-10-19(25-13-14-5-4-6-16(21)11-14)18(12-15)22-26(23,24)17-7-2-1-3-8-17/h1-12,22H,13,21H2. The molecule has 0 aliphatic rings. The first-order chi connectivity index (χ1) is 12.4. The smallest absolute Gasteiger partial charge is 0.261 e. The molecule has 0 saturated carbocycles. The molecule has 0 aliphatic heterocycles. The number of anilines is 2. The van der Waals surface area contributed by atoms with E-state index in [0.29, 0.717) is 22.2 Å². The Hall–Kier alpha value is -2.15. The third kappa shape index (κ3) is 4.72. The van der Waals surface area contributed by atoms with Gasteiger partial charge in [0.2, 0.25) is 0 Å². The Morgan fingerprint density at radius 1 is 0.962 bits per heavy atom. The number of nitrogens with one attached hydrogen (secondary N) is 1. The summed E-state index contributed by atoms with van der Waals surface area (Å²) < 4.78 is 27.8. The first kappa shape index (κ1) is 18.6. The lowest BCUT2D eigenvalue weighted by Crippen LogP contribution is -2.13. The van der Waals surface area contributed by atoms with Crippen molar-refractivity contribution in [2.45, 2.75) is 15.5 Å². The lowest BCUT2D eigenvalue weighted by Gasteiger charge is -2.13. The van der Waals surface area contributed by atoms with E-state index in [0.717, 1.165) is 10.5 Å². The van der Waals surface area contributed by atoms with Crippen LogP contribution in [0, 0.1) is 0 Å². The minimum absolute atomic E-state index is 0.201. The normalized spacial score (nSPS) is 11.3. The van der Waals surface area contributed by atoms with Crippen molar-refractivity contribution in [3.63, 3.8) is 0 Å². The maximum absolute atomic E-state index is 12.6. The molecule has 4 nitrogen and oxygen atoms in total. The lowest BCUT2D eigenvalue weighted by molar-refractivity contribution is 0.601. The van der Waals surface area contributed by atoms with Crippen LogP contribution >= 0.6 is 23.4 Å². The van der Waals surface area contributed by atoms with Gasteiger partial charge in [0.1, 0.15) is 0 Å². The SMILES string of the molecule is Nc1cccc(CSc2ccc(Cl)cc2NS(=O)(=O)c2ccccc2)c1. The number of thioether (sulfide) groups is 1. The first-order valence-corrected chi connectivity index (χ1v) is 10.6. The van der Waals surface area contributed by atoms with Gasteiger partial charge < -0.3 is 5.73 Å². The maximum atomic E-state index is 12.6. The monoisotopic (exact) mass is 404 g/mol. The van der Waals surface area contributed by atoms with E-state index in [2.05, 4.69) is 4.72 Å². The third-order valence-corrected chi connectivity index (χ3v) is 6.35. The van der Waals surface area contributed by atoms with Gasteiger partial charge in [0.25, 0.3) is 10.0 Å². The summed E-state index contributed by atoms with van der Waals surface area (Å²) in [6.45, 7) is 0. The number of benzene rings is 3. The van der Waals surface area contributed by atoms with E-state index >= 15 is 0 Å². The number of hydrogen-bond acceptors (Lipinski definition) is 4. The number of nitrogens with two attached hydrogens (primary N) is 1. The lowest BCUT2D eigenvalue weighted by atomic mass is 10.2. The Morgan fingerprint density at radius 2 is 1.73 bits per heavy atom. The van der Waals surface area contributed by atoms with Gasteiger partial charge in [-0.3, -0.25) is 4.72 Å². The van der Waals surface area contributed by atoms with Crippen LogP contribution in [0.2, 0.25) is 5.02 Å². The van der Waals surface area contributed by atoms with E-state index in [1.807, 2.05) is 30.3 Å². The number of hydrogen-bond donors (Lipinski definition) is 2. The van der Waals surface area contributed by atoms with Crippen molar-refractivity contribution < 1.29 is 8.42 Å². The van der Waals surface area contributed by atoms with Gasteiger partial charge in [0.15, 0.2) is 0 Å². The van der Waals surface area contributed by atoms with Crippen LogP contribution in [-0.2, 0) is 15.8 Å². The van der Waals surface area contributed by atoms with E-state index in [1.165, 1.54) is 11.8 Å². The van der Waals surface area contributed by atoms with Gasteiger partial charge in [0, 0.05) is 21.4 Å². The van der Waals surface area contributed by atoms with Gasteiger partial charge in [-0.1, -0.05) is 41.9 Å². The second-order valence-corrected chi connectivity index (χ2v) is 8.73. The van der Waals surface area contributed by atoms with Gasteiger partial charge in [0.05, 0.1) is 10.6 Å². The highest BCUT2D eigenvalue weighted by molar-refractivity contribution is 7.98. The highest BCUT2D eigenvalue weighted by atomic mass is 35.5. The van der Waals surface area contributed by atoms with Crippen LogP contribution in [0.5, 0.6) is 0 Å². The molecule has 134 valence electrons. The fourth-order valence-corrected chi connectivity index (χ4v) is 4.61. The molecule has 3 rings (SSSR count). The van der Waals surface area contributed by atoms with E-state index in [-0.39, 0.29) is 4.90 Å². The van der Waals surface area contributed by atoms with Crippen LogP contribution in [-0.4, -0.2) is 8.42 Å². The fraction of sp³-hybridized carbons (Fsp3) is 0.0526. The number of rotatable bonds is 6. The molecule has 26 heavy (non-hydrogen) atoms. The Labute approximate surface area is 162 Å². The Morgan fingerprint density at radius 3 is 2.46 bits per heavy atom. The zero-order valence-electron chi connectivity index (χ0n) is 13.7. The van der Waals surface area contributed by atoms with Crippen molar-refractivity contribution in [1.82, 2.24) is 0 Å². The predicted octanol–water partition coefficient (Wildman–Crippen LogP) is 5.02. The summed E-state index contributed by atoms with van der Waals surface area (Å²) >= 11 is 7.58. The van der Waals surface area contributed by atoms with Crippen LogP contribution in [0.4, 0.5) is 11.4 Å². The zero-order valence-corrected chi connectivity index (χ0v) is 16.1. The van der Waals surface area contributed by atoms with Crippen molar-refractivity contribution in [2.24, 2.45) is 0 Å². The largest absolute Gasteiger partial charge is 0.399 e. The molecule has 0 saturated heterocycles. The summed E-state index contributed by atoms with van der Waals surface area (Å²) in [5.41, 5.74) is 8.02. The Kier molecular flexibility index (Phi) is 5.76. The summed E-state index contributed by atoms with van der Waals surface area (Å²) in [6.07, 6.45) is 0. The molecular formula is C19H17ClN2O2S2. The van der Waals surface area contributed by atoms with Gasteiger partial charge >= 0.3 is 0 Å². The number of nitrogen functional groups attached to an aromatic ring is 1. The summed E-state index contributed by atoms with van der Waals surface area (Å²) in [7, 11) is -3.68. The third-order valence-electron chi connectivity index (χ3n) is 3.58. The Bertz CT molecular complexity index is 1010. The maximum Gasteiger partial charge on any atom is 0.261 e. The van der Waals surface area contributed by atoms with Crippen LogP contribution in [0.3, 0.4) is 0 Å². The summed E-state index contributed by atoms with van der Waals surface area (Å²) in [5.74, 6) is 0.659. The van der Waals surface area contributed by atoms with Crippen molar-refractivity contribution in [1.29, 1.82) is 0 Å². The summed E-state index contributed by atoms with van der Waals surface area (Å²) in [4.78, 5) is 0.989. The highest BCUT2D eigenvalue weighted by Crippen LogP contribution is 2.33. The molecule has 0 atom stereocenters. The van der Waals surface area contributed by atoms with E-state index in [1.54, 1.807) is 42.5 Å². The molecule has 0 unspecified atom stereocenters. The molecule has 0 fully saturated rings. The van der Waals surface area contributed by atoms with E-state index < -0.39 is 10.0 Å². The second kappa shape index (κ2) is 8.03. The van der Waals surface area contributed by atoms with Gasteiger partial charge in [-0.2, -0.15) is 0 Å². The molecule has 0 heterocycles. The first-order valence-electron chi connectivity index (χ1n) is 7.79. The quantitative estimate of drug-likeness (QED) is 0.447.